The highest BCUT2D eigenvalue weighted by atomic mass is 16.7. The molecule has 2 aliphatic heterocycles. The van der Waals surface area contributed by atoms with Gasteiger partial charge in [0.2, 0.25) is 5.91 Å². The first-order valence-electron chi connectivity index (χ1n) is 8.42. The van der Waals surface area contributed by atoms with Crippen LogP contribution in [0.2, 0.25) is 0 Å². The second-order valence-electron chi connectivity index (χ2n) is 7.09. The first-order valence-corrected chi connectivity index (χ1v) is 8.42. The zero-order valence-electron chi connectivity index (χ0n) is 15.1. The van der Waals surface area contributed by atoms with Crippen molar-refractivity contribution in [3.8, 4) is 0 Å². The van der Waals surface area contributed by atoms with Crippen LogP contribution in [0.25, 0.3) is 0 Å². The number of amides is 4. The molecule has 0 bridgehead atoms. The number of rotatable bonds is 4. The third-order valence-corrected chi connectivity index (χ3v) is 3.82. The quantitative estimate of drug-likeness (QED) is 0.698. The number of hydroxylamine groups is 2. The molecule has 1 atom stereocenters. The van der Waals surface area contributed by atoms with Gasteiger partial charge in [0.1, 0.15) is 18.2 Å². The van der Waals surface area contributed by atoms with E-state index in [9.17, 15) is 24.0 Å². The van der Waals surface area contributed by atoms with Gasteiger partial charge in [0.15, 0.2) is 0 Å². The summed E-state index contributed by atoms with van der Waals surface area (Å²) in [6.07, 6.45) is 0.184. The Balaban J connectivity index is 1.89. The predicted molar refractivity (Wildman–Crippen MR) is 86.2 cm³/mol. The fourth-order valence-corrected chi connectivity index (χ4v) is 2.68. The predicted octanol–water partition coefficient (Wildman–Crippen LogP) is 0.109. The van der Waals surface area contributed by atoms with Crippen LogP contribution in [0, 0.1) is 0 Å². The van der Waals surface area contributed by atoms with Crippen LogP contribution >= 0.6 is 0 Å². The van der Waals surface area contributed by atoms with E-state index in [1.807, 2.05) is 0 Å². The van der Waals surface area contributed by atoms with E-state index in [-0.39, 0.29) is 19.4 Å². The van der Waals surface area contributed by atoms with Gasteiger partial charge in [0, 0.05) is 19.4 Å². The van der Waals surface area contributed by atoms with Crippen molar-refractivity contribution in [1.82, 2.24) is 15.3 Å². The minimum Gasteiger partial charge on any atom is -0.444 e. The summed E-state index contributed by atoms with van der Waals surface area (Å²) in [6.45, 7) is 5.07. The van der Waals surface area contributed by atoms with Crippen molar-refractivity contribution in [2.24, 2.45) is 0 Å². The number of hydrogen-bond acceptors (Lipinski definition) is 7. The molecule has 10 nitrogen and oxygen atoms in total. The van der Waals surface area contributed by atoms with Crippen molar-refractivity contribution in [1.29, 1.82) is 0 Å². The SMILES string of the molecule is CC(C)(C)OC(=O)NCC(=O)N1CCC[C@H]1C(=O)ON1C(=O)CCC1=O. The van der Waals surface area contributed by atoms with Crippen LogP contribution in [0.3, 0.4) is 0 Å². The van der Waals surface area contributed by atoms with E-state index in [0.717, 1.165) is 0 Å². The van der Waals surface area contributed by atoms with E-state index in [2.05, 4.69) is 5.32 Å². The summed E-state index contributed by atoms with van der Waals surface area (Å²) in [5.74, 6) is -2.47. The minimum atomic E-state index is -0.899. The summed E-state index contributed by atoms with van der Waals surface area (Å²) in [4.78, 5) is 65.4. The number of ether oxygens (including phenoxy) is 1. The topological polar surface area (TPSA) is 122 Å². The molecule has 4 amide bonds. The number of carbonyl (C=O) groups is 5. The summed E-state index contributed by atoms with van der Waals surface area (Å²) < 4.78 is 5.04. The van der Waals surface area contributed by atoms with Gasteiger partial charge in [0.25, 0.3) is 11.8 Å². The second kappa shape index (κ2) is 7.71. The average molecular weight is 369 g/mol. The standard InChI is InChI=1S/C16H23N3O7/c1-16(2,3)25-15(24)17-9-13(22)18-8-4-5-10(18)14(23)26-19-11(20)6-7-12(19)21/h10H,4-9H2,1-3H3,(H,17,24)/t10-/m0/s1. The van der Waals surface area contributed by atoms with Crippen molar-refractivity contribution < 1.29 is 33.5 Å². The van der Waals surface area contributed by atoms with Gasteiger partial charge < -0.3 is 19.8 Å². The molecule has 2 saturated heterocycles. The molecule has 0 spiro atoms. The molecule has 0 aliphatic carbocycles. The van der Waals surface area contributed by atoms with Crippen LogP contribution in [0.1, 0.15) is 46.5 Å². The molecule has 0 unspecified atom stereocenters. The van der Waals surface area contributed by atoms with Gasteiger partial charge in [-0.2, -0.15) is 0 Å². The zero-order chi connectivity index (χ0) is 19.5. The fourth-order valence-electron chi connectivity index (χ4n) is 2.68. The van der Waals surface area contributed by atoms with Gasteiger partial charge in [-0.3, -0.25) is 14.4 Å². The first-order chi connectivity index (χ1) is 12.1. The lowest BCUT2D eigenvalue weighted by Crippen LogP contribution is -2.48. The van der Waals surface area contributed by atoms with E-state index < -0.39 is 41.4 Å². The van der Waals surface area contributed by atoms with E-state index in [1.54, 1.807) is 20.8 Å². The molecule has 144 valence electrons. The van der Waals surface area contributed by atoms with Crippen molar-refractivity contribution >= 4 is 29.8 Å². The number of hydrogen-bond donors (Lipinski definition) is 1. The molecule has 0 saturated carbocycles. The van der Waals surface area contributed by atoms with Gasteiger partial charge >= 0.3 is 12.1 Å². The lowest BCUT2D eigenvalue weighted by molar-refractivity contribution is -0.200. The van der Waals surface area contributed by atoms with Gasteiger partial charge in [-0.25, -0.2) is 9.59 Å². The van der Waals surface area contributed by atoms with Gasteiger partial charge in [0.05, 0.1) is 0 Å². The van der Waals surface area contributed by atoms with E-state index in [4.69, 9.17) is 9.57 Å². The Kier molecular flexibility index (Phi) is 5.83. The Labute approximate surface area is 150 Å². The molecule has 2 fully saturated rings. The molecule has 2 rings (SSSR count). The molecule has 1 N–H and O–H groups in total. The van der Waals surface area contributed by atoms with Crippen LogP contribution in [-0.2, 0) is 28.8 Å². The van der Waals surface area contributed by atoms with Crippen molar-refractivity contribution in [3.05, 3.63) is 0 Å². The van der Waals surface area contributed by atoms with E-state index in [1.165, 1.54) is 4.90 Å². The lowest BCUT2D eigenvalue weighted by atomic mass is 10.2. The van der Waals surface area contributed by atoms with E-state index >= 15 is 0 Å². The molecule has 0 aromatic carbocycles. The summed E-state index contributed by atoms with van der Waals surface area (Å²) >= 11 is 0. The molecule has 2 aliphatic rings. The fraction of sp³-hybridized carbons (Fsp3) is 0.688. The monoisotopic (exact) mass is 369 g/mol. The van der Waals surface area contributed by atoms with Crippen LogP contribution in [0.15, 0.2) is 0 Å². The smallest absolute Gasteiger partial charge is 0.408 e. The number of nitrogens with one attached hydrogen (secondary N) is 1. The maximum atomic E-state index is 12.3. The molecule has 10 heteroatoms. The van der Waals surface area contributed by atoms with Crippen molar-refractivity contribution in [3.63, 3.8) is 0 Å². The average Bonchev–Trinajstić information content (AvgIpc) is 3.13. The summed E-state index contributed by atoms with van der Waals surface area (Å²) in [5.41, 5.74) is -0.693. The zero-order valence-corrected chi connectivity index (χ0v) is 15.1. The summed E-state index contributed by atoms with van der Waals surface area (Å²) in [5, 5.41) is 2.80. The highest BCUT2D eigenvalue weighted by Crippen LogP contribution is 2.21. The van der Waals surface area contributed by atoms with Gasteiger partial charge in [-0.15, -0.1) is 5.06 Å². The van der Waals surface area contributed by atoms with Crippen molar-refractivity contribution in [2.75, 3.05) is 13.1 Å². The lowest BCUT2D eigenvalue weighted by Gasteiger charge is -2.25. The third-order valence-electron chi connectivity index (χ3n) is 3.82. The molecule has 0 aromatic heterocycles. The second-order valence-corrected chi connectivity index (χ2v) is 7.09. The molecule has 2 heterocycles. The maximum Gasteiger partial charge on any atom is 0.408 e. The first kappa shape index (κ1) is 19.7. The van der Waals surface area contributed by atoms with Crippen molar-refractivity contribution in [2.45, 2.75) is 58.1 Å². The number of nitrogens with zero attached hydrogens (tertiary/aromatic N) is 2. The summed E-state index contributed by atoms with van der Waals surface area (Å²) in [7, 11) is 0. The largest absolute Gasteiger partial charge is 0.444 e. The van der Waals surface area contributed by atoms with Crippen LogP contribution < -0.4 is 5.32 Å². The van der Waals surface area contributed by atoms with Crippen LogP contribution in [-0.4, -0.2) is 64.5 Å². The molecule has 26 heavy (non-hydrogen) atoms. The number of carbonyl (C=O) groups excluding carboxylic acids is 5. The molecule has 0 radical (unpaired) electrons. The molecular weight excluding hydrogens is 346 g/mol. The number of imide groups is 1. The number of likely N-dealkylation sites (tertiary alicyclic amines) is 1. The Bertz CT molecular complexity index is 610. The Morgan fingerprint density at radius 2 is 1.77 bits per heavy atom. The molecular formula is C16H23N3O7. The van der Waals surface area contributed by atoms with E-state index in [0.29, 0.717) is 24.4 Å². The van der Waals surface area contributed by atoms with Crippen LogP contribution in [0.5, 0.6) is 0 Å². The summed E-state index contributed by atoms with van der Waals surface area (Å²) in [6, 6.07) is -0.899. The maximum absolute atomic E-state index is 12.3. The van der Waals surface area contributed by atoms with Crippen LogP contribution in [0.4, 0.5) is 4.79 Å². The molecule has 0 aromatic rings. The Morgan fingerprint density at radius 1 is 1.15 bits per heavy atom. The highest BCUT2D eigenvalue weighted by Gasteiger charge is 2.40. The highest BCUT2D eigenvalue weighted by molar-refractivity contribution is 6.02. The Morgan fingerprint density at radius 3 is 2.35 bits per heavy atom. The Hall–Kier alpha value is -2.65. The third kappa shape index (κ3) is 4.93. The number of alkyl carbamates (subject to hydrolysis) is 1. The van der Waals surface area contributed by atoms with Gasteiger partial charge in [-0.1, -0.05) is 0 Å². The normalized spacial score (nSPS) is 20.3. The minimum absolute atomic E-state index is 0.000761. The van der Waals surface area contributed by atoms with Gasteiger partial charge in [-0.05, 0) is 33.6 Å².